The summed E-state index contributed by atoms with van der Waals surface area (Å²) in [5.74, 6) is -0.689. The number of rotatable bonds is 7. The lowest BCUT2D eigenvalue weighted by atomic mass is 10.1. The quantitative estimate of drug-likeness (QED) is 0.492. The van der Waals surface area contributed by atoms with Gasteiger partial charge in [0.05, 0.1) is 17.6 Å². The van der Waals surface area contributed by atoms with E-state index < -0.39 is 16.0 Å². The lowest BCUT2D eigenvalue weighted by molar-refractivity contribution is 0.0600. The highest BCUT2D eigenvalue weighted by molar-refractivity contribution is 7.89. The minimum absolute atomic E-state index is 0.253. The molecular weight excluding hydrogens is 478 g/mol. The Balaban J connectivity index is 1.34. The third-order valence-electron chi connectivity index (χ3n) is 6.15. The van der Waals surface area contributed by atoms with Gasteiger partial charge in [-0.1, -0.05) is 29.8 Å². The molecule has 1 aliphatic heterocycles. The van der Waals surface area contributed by atoms with Crippen LogP contribution in [0, 0.1) is 6.92 Å². The molecule has 8 nitrogen and oxygen atoms in total. The van der Waals surface area contributed by atoms with Crippen LogP contribution in [-0.4, -0.2) is 62.8 Å². The highest BCUT2D eigenvalue weighted by atomic mass is 32.2. The van der Waals surface area contributed by atoms with Crippen LogP contribution < -0.4 is 5.32 Å². The van der Waals surface area contributed by atoms with E-state index in [1.165, 1.54) is 11.4 Å². The van der Waals surface area contributed by atoms with Crippen molar-refractivity contribution < 1.29 is 22.7 Å². The van der Waals surface area contributed by atoms with Gasteiger partial charge >= 0.3 is 5.97 Å². The number of nitrogens with zero attached hydrogens (tertiary/aromatic N) is 2. The first-order chi connectivity index (χ1) is 17.3. The molecule has 3 aromatic rings. The zero-order valence-electron chi connectivity index (χ0n) is 20.3. The predicted octanol–water partition coefficient (Wildman–Crippen LogP) is 3.54. The molecule has 0 atom stereocenters. The number of anilines is 1. The van der Waals surface area contributed by atoms with Gasteiger partial charge in [0.15, 0.2) is 0 Å². The van der Waals surface area contributed by atoms with Crippen LogP contribution in [0.25, 0.3) is 0 Å². The molecule has 0 bridgehead atoms. The summed E-state index contributed by atoms with van der Waals surface area (Å²) in [4.78, 5) is 26.8. The van der Waals surface area contributed by atoms with Crippen LogP contribution in [0.4, 0.5) is 5.69 Å². The first-order valence-corrected chi connectivity index (χ1v) is 13.1. The van der Waals surface area contributed by atoms with Crippen molar-refractivity contribution in [2.75, 3.05) is 38.6 Å². The molecule has 0 unspecified atom stereocenters. The molecule has 3 aromatic carbocycles. The molecule has 0 saturated carbocycles. The van der Waals surface area contributed by atoms with Gasteiger partial charge < -0.3 is 10.1 Å². The first-order valence-electron chi connectivity index (χ1n) is 11.6. The lowest BCUT2D eigenvalue weighted by Crippen LogP contribution is -2.48. The van der Waals surface area contributed by atoms with Crippen molar-refractivity contribution >= 4 is 27.6 Å². The fourth-order valence-corrected chi connectivity index (χ4v) is 5.49. The normalized spacial score (nSPS) is 14.8. The Labute approximate surface area is 211 Å². The number of hydrogen-bond donors (Lipinski definition) is 1. The Morgan fingerprint density at radius 1 is 0.889 bits per heavy atom. The van der Waals surface area contributed by atoms with Crippen LogP contribution in [0.15, 0.2) is 77.7 Å². The third kappa shape index (κ3) is 5.99. The van der Waals surface area contributed by atoms with Gasteiger partial charge in [0.1, 0.15) is 0 Å². The van der Waals surface area contributed by atoms with E-state index in [0.29, 0.717) is 54.4 Å². The van der Waals surface area contributed by atoms with Crippen molar-refractivity contribution in [2.45, 2.75) is 18.4 Å². The van der Waals surface area contributed by atoms with E-state index >= 15 is 0 Å². The van der Waals surface area contributed by atoms with Gasteiger partial charge in [-0.15, -0.1) is 0 Å². The largest absolute Gasteiger partial charge is 0.465 e. The molecule has 0 aromatic heterocycles. The molecule has 0 aliphatic carbocycles. The van der Waals surface area contributed by atoms with Crippen molar-refractivity contribution in [3.05, 3.63) is 95.1 Å². The highest BCUT2D eigenvalue weighted by Gasteiger charge is 2.28. The SMILES string of the molecule is COC(=O)c1ccc(NC(=O)c2cccc(CN3CCN(S(=O)(=O)c4ccc(C)cc4)CC3)c2)cc1. The summed E-state index contributed by atoms with van der Waals surface area (Å²) in [6, 6.07) is 20.8. The monoisotopic (exact) mass is 507 g/mol. The number of nitrogens with one attached hydrogen (secondary N) is 1. The number of aryl methyl sites for hydroxylation is 1. The molecule has 1 saturated heterocycles. The Morgan fingerprint density at radius 3 is 2.19 bits per heavy atom. The van der Waals surface area contributed by atoms with Crippen molar-refractivity contribution in [1.29, 1.82) is 0 Å². The van der Waals surface area contributed by atoms with Crippen LogP contribution in [0.3, 0.4) is 0 Å². The summed E-state index contributed by atoms with van der Waals surface area (Å²) >= 11 is 0. The van der Waals surface area contributed by atoms with Crippen molar-refractivity contribution in [1.82, 2.24) is 9.21 Å². The Morgan fingerprint density at radius 2 is 1.56 bits per heavy atom. The number of methoxy groups -OCH3 is 1. The average molecular weight is 508 g/mol. The van der Waals surface area contributed by atoms with E-state index in [1.807, 2.05) is 37.3 Å². The molecule has 0 spiro atoms. The molecule has 4 rings (SSSR count). The smallest absolute Gasteiger partial charge is 0.337 e. The first kappa shape index (κ1) is 25.6. The molecule has 1 fully saturated rings. The summed E-state index contributed by atoms with van der Waals surface area (Å²) in [5.41, 5.74) is 3.49. The van der Waals surface area contributed by atoms with Crippen molar-refractivity contribution in [3.8, 4) is 0 Å². The topological polar surface area (TPSA) is 96.0 Å². The lowest BCUT2D eigenvalue weighted by Gasteiger charge is -2.34. The predicted molar refractivity (Wildman–Crippen MR) is 137 cm³/mol. The summed E-state index contributed by atoms with van der Waals surface area (Å²) in [6.45, 7) is 4.59. The zero-order valence-corrected chi connectivity index (χ0v) is 21.1. The minimum atomic E-state index is -3.50. The third-order valence-corrected chi connectivity index (χ3v) is 8.06. The van der Waals surface area contributed by atoms with E-state index in [2.05, 4.69) is 15.0 Å². The highest BCUT2D eigenvalue weighted by Crippen LogP contribution is 2.20. The summed E-state index contributed by atoms with van der Waals surface area (Å²) in [6.07, 6.45) is 0. The van der Waals surface area contributed by atoms with Gasteiger partial charge in [-0.25, -0.2) is 13.2 Å². The minimum Gasteiger partial charge on any atom is -0.465 e. The summed E-state index contributed by atoms with van der Waals surface area (Å²) < 4.78 is 32.1. The summed E-state index contributed by atoms with van der Waals surface area (Å²) in [5, 5.41) is 2.84. The Kier molecular flexibility index (Phi) is 7.83. The van der Waals surface area contributed by atoms with E-state index in [0.717, 1.165) is 11.1 Å². The Bertz CT molecular complexity index is 1330. The number of sulfonamides is 1. The maximum atomic E-state index is 12.9. The fourth-order valence-electron chi connectivity index (χ4n) is 4.07. The molecule has 36 heavy (non-hydrogen) atoms. The molecule has 188 valence electrons. The van der Waals surface area contributed by atoms with Gasteiger partial charge in [-0.05, 0) is 61.0 Å². The molecular formula is C27H29N3O5S. The van der Waals surface area contributed by atoms with Crippen LogP contribution in [-0.2, 0) is 21.3 Å². The molecule has 9 heteroatoms. The van der Waals surface area contributed by atoms with Crippen LogP contribution >= 0.6 is 0 Å². The second kappa shape index (κ2) is 11.0. The molecule has 1 amide bonds. The molecule has 1 aliphatic rings. The number of benzene rings is 3. The van der Waals surface area contributed by atoms with Crippen LogP contribution in [0.1, 0.15) is 31.8 Å². The number of esters is 1. The van der Waals surface area contributed by atoms with E-state index in [1.54, 1.807) is 42.5 Å². The van der Waals surface area contributed by atoms with Crippen molar-refractivity contribution in [2.24, 2.45) is 0 Å². The van der Waals surface area contributed by atoms with E-state index in [4.69, 9.17) is 0 Å². The maximum Gasteiger partial charge on any atom is 0.337 e. The second-order valence-corrected chi connectivity index (χ2v) is 10.7. The Hall–Kier alpha value is -3.53. The van der Waals surface area contributed by atoms with Gasteiger partial charge in [0, 0.05) is 44.0 Å². The van der Waals surface area contributed by atoms with Gasteiger partial charge in [-0.2, -0.15) is 4.31 Å². The standard InChI is InChI=1S/C27H29N3O5S/c1-20-6-12-25(13-7-20)36(33,34)30-16-14-29(15-17-30)19-21-4-3-5-23(18-21)26(31)28-24-10-8-22(9-11-24)27(32)35-2/h3-13,18H,14-17,19H2,1-2H3,(H,28,31). The fraction of sp³-hybridized carbons (Fsp3) is 0.259. The molecule has 1 heterocycles. The summed E-state index contributed by atoms with van der Waals surface area (Å²) in [7, 11) is -2.19. The number of carbonyl (C=O) groups excluding carboxylic acids is 2. The van der Waals surface area contributed by atoms with E-state index in [-0.39, 0.29) is 5.91 Å². The molecule has 1 N–H and O–H groups in total. The van der Waals surface area contributed by atoms with Gasteiger partial charge in [0.25, 0.3) is 5.91 Å². The molecule has 0 radical (unpaired) electrons. The average Bonchev–Trinajstić information content (AvgIpc) is 2.89. The van der Waals surface area contributed by atoms with E-state index in [9.17, 15) is 18.0 Å². The number of hydrogen-bond acceptors (Lipinski definition) is 6. The zero-order chi connectivity index (χ0) is 25.7. The number of carbonyl (C=O) groups is 2. The van der Waals surface area contributed by atoms with Crippen LogP contribution in [0.5, 0.6) is 0 Å². The van der Waals surface area contributed by atoms with Gasteiger partial charge in [-0.3, -0.25) is 9.69 Å². The number of piperazine rings is 1. The number of ether oxygens (including phenoxy) is 1. The van der Waals surface area contributed by atoms with Crippen molar-refractivity contribution in [3.63, 3.8) is 0 Å². The van der Waals surface area contributed by atoms with Crippen LogP contribution in [0.2, 0.25) is 0 Å². The second-order valence-electron chi connectivity index (χ2n) is 8.72. The van der Waals surface area contributed by atoms with Gasteiger partial charge in [0.2, 0.25) is 10.0 Å². The maximum absolute atomic E-state index is 12.9. The number of amides is 1.